The number of ether oxygens (including phenoxy) is 1. The Kier molecular flexibility index (Phi) is 5.97. The third-order valence-electron chi connectivity index (χ3n) is 3.19. The lowest BCUT2D eigenvalue weighted by Gasteiger charge is -2.27. The SMILES string of the molecule is CCC(C(N)=S)S(=O)(=O)N(CC)CC1CCCO1. The maximum Gasteiger partial charge on any atom is 0.223 e. The van der Waals surface area contributed by atoms with E-state index in [-0.39, 0.29) is 11.1 Å². The fraction of sp³-hybridized carbons (Fsp3) is 0.909. The number of thiocarbonyl (C=S) groups is 1. The summed E-state index contributed by atoms with van der Waals surface area (Å²) in [6, 6.07) is 0. The second-order valence-corrected chi connectivity index (χ2v) is 7.02. The van der Waals surface area contributed by atoms with Crippen molar-refractivity contribution in [1.82, 2.24) is 4.31 Å². The third kappa shape index (κ3) is 3.63. The molecule has 1 rings (SSSR count). The van der Waals surface area contributed by atoms with Crippen molar-refractivity contribution in [2.75, 3.05) is 19.7 Å². The zero-order valence-corrected chi connectivity index (χ0v) is 12.6. The Morgan fingerprint density at radius 1 is 1.56 bits per heavy atom. The van der Waals surface area contributed by atoms with Gasteiger partial charge in [0, 0.05) is 19.7 Å². The lowest BCUT2D eigenvalue weighted by Crippen LogP contribution is -2.46. The average molecular weight is 294 g/mol. The van der Waals surface area contributed by atoms with E-state index < -0.39 is 15.3 Å². The molecule has 0 spiro atoms. The standard InChI is InChI=1S/C11H22N2O3S2/c1-3-10(11(12)17)18(14,15)13(4-2)8-9-6-5-7-16-9/h9-10H,3-8H2,1-2H3,(H2,12,17). The van der Waals surface area contributed by atoms with E-state index in [1.165, 1.54) is 4.31 Å². The molecule has 0 radical (unpaired) electrons. The second-order valence-electron chi connectivity index (χ2n) is 4.43. The van der Waals surface area contributed by atoms with Crippen molar-refractivity contribution in [2.45, 2.75) is 44.5 Å². The summed E-state index contributed by atoms with van der Waals surface area (Å²) < 4.78 is 31.8. The number of rotatable bonds is 7. The maximum absolute atomic E-state index is 12.4. The number of hydrogen-bond acceptors (Lipinski definition) is 4. The first-order valence-corrected chi connectivity index (χ1v) is 8.24. The first kappa shape index (κ1) is 15.8. The normalized spacial score (nSPS) is 22.3. The maximum atomic E-state index is 12.4. The van der Waals surface area contributed by atoms with Crippen LogP contribution in [0.2, 0.25) is 0 Å². The number of sulfonamides is 1. The average Bonchev–Trinajstić information content (AvgIpc) is 2.78. The molecule has 2 unspecified atom stereocenters. The van der Waals surface area contributed by atoms with Gasteiger partial charge in [-0.2, -0.15) is 4.31 Å². The van der Waals surface area contributed by atoms with Crippen LogP contribution in [0.5, 0.6) is 0 Å². The van der Waals surface area contributed by atoms with Gasteiger partial charge in [0.2, 0.25) is 10.0 Å². The van der Waals surface area contributed by atoms with Crippen LogP contribution in [0.25, 0.3) is 0 Å². The van der Waals surface area contributed by atoms with Gasteiger partial charge in [-0.05, 0) is 19.3 Å². The van der Waals surface area contributed by atoms with E-state index in [2.05, 4.69) is 0 Å². The van der Waals surface area contributed by atoms with Crippen molar-refractivity contribution in [1.29, 1.82) is 0 Å². The summed E-state index contributed by atoms with van der Waals surface area (Å²) in [7, 11) is -3.46. The van der Waals surface area contributed by atoms with Gasteiger partial charge in [0.15, 0.2) is 0 Å². The highest BCUT2D eigenvalue weighted by atomic mass is 32.2. The lowest BCUT2D eigenvalue weighted by molar-refractivity contribution is 0.0946. The van der Waals surface area contributed by atoms with Crippen LogP contribution in [-0.4, -0.2) is 48.8 Å². The van der Waals surface area contributed by atoms with Crippen LogP contribution >= 0.6 is 12.2 Å². The van der Waals surface area contributed by atoms with Gasteiger partial charge in [0.1, 0.15) is 5.25 Å². The van der Waals surface area contributed by atoms with E-state index in [0.29, 0.717) is 19.5 Å². The van der Waals surface area contributed by atoms with Crippen molar-refractivity contribution >= 4 is 27.2 Å². The molecule has 1 aliphatic rings. The van der Waals surface area contributed by atoms with Crippen molar-refractivity contribution in [3.8, 4) is 0 Å². The first-order chi connectivity index (χ1) is 8.43. The number of nitrogens with two attached hydrogens (primary N) is 1. The van der Waals surface area contributed by atoms with Gasteiger partial charge in [-0.15, -0.1) is 0 Å². The molecule has 18 heavy (non-hydrogen) atoms. The molecule has 0 aromatic heterocycles. The van der Waals surface area contributed by atoms with Crippen LogP contribution in [0.4, 0.5) is 0 Å². The van der Waals surface area contributed by atoms with Crippen molar-refractivity contribution in [2.24, 2.45) is 5.73 Å². The zero-order valence-electron chi connectivity index (χ0n) is 11.0. The van der Waals surface area contributed by atoms with Crippen LogP contribution in [0.1, 0.15) is 33.1 Å². The highest BCUT2D eigenvalue weighted by Crippen LogP contribution is 2.18. The zero-order chi connectivity index (χ0) is 13.8. The van der Waals surface area contributed by atoms with Gasteiger partial charge in [-0.3, -0.25) is 0 Å². The van der Waals surface area contributed by atoms with E-state index in [9.17, 15) is 8.42 Å². The Labute approximate surface area is 115 Å². The lowest BCUT2D eigenvalue weighted by atomic mass is 10.2. The summed E-state index contributed by atoms with van der Waals surface area (Å²) in [5.41, 5.74) is 5.53. The minimum atomic E-state index is -3.46. The highest BCUT2D eigenvalue weighted by Gasteiger charge is 2.34. The predicted octanol–water partition coefficient (Wildman–Crippen LogP) is 0.882. The Morgan fingerprint density at radius 2 is 2.22 bits per heavy atom. The van der Waals surface area contributed by atoms with E-state index in [1.54, 1.807) is 6.92 Å². The molecule has 5 nitrogen and oxygen atoms in total. The minimum absolute atomic E-state index is 0.00331. The van der Waals surface area contributed by atoms with Gasteiger partial charge in [0.25, 0.3) is 0 Å². The summed E-state index contributed by atoms with van der Waals surface area (Å²) in [6.45, 7) is 5.13. The van der Waals surface area contributed by atoms with Crippen LogP contribution in [0.15, 0.2) is 0 Å². The minimum Gasteiger partial charge on any atom is -0.392 e. The Hall–Kier alpha value is -0.240. The van der Waals surface area contributed by atoms with Crippen LogP contribution in [0, 0.1) is 0 Å². The Bertz CT molecular complexity index is 378. The van der Waals surface area contributed by atoms with Crippen molar-refractivity contribution < 1.29 is 13.2 Å². The molecule has 0 aliphatic carbocycles. The third-order valence-corrected chi connectivity index (χ3v) is 6.06. The van der Waals surface area contributed by atoms with Gasteiger partial charge in [-0.25, -0.2) is 8.42 Å². The Balaban J connectivity index is 2.81. The molecule has 2 N–H and O–H groups in total. The molecule has 0 saturated carbocycles. The van der Waals surface area contributed by atoms with Crippen molar-refractivity contribution in [3.05, 3.63) is 0 Å². The van der Waals surface area contributed by atoms with Crippen LogP contribution in [0.3, 0.4) is 0 Å². The quantitative estimate of drug-likeness (QED) is 0.706. The molecule has 1 saturated heterocycles. The topological polar surface area (TPSA) is 72.6 Å². The summed E-state index contributed by atoms with van der Waals surface area (Å²) in [5.74, 6) is 0. The Morgan fingerprint density at radius 3 is 2.61 bits per heavy atom. The fourth-order valence-electron chi connectivity index (χ4n) is 2.17. The van der Waals surface area contributed by atoms with Crippen LogP contribution in [-0.2, 0) is 14.8 Å². The van der Waals surface area contributed by atoms with Gasteiger partial charge in [0.05, 0.1) is 11.1 Å². The molecule has 0 amide bonds. The molecular formula is C11H22N2O3S2. The summed E-state index contributed by atoms with van der Waals surface area (Å²) in [4.78, 5) is 0.0447. The van der Waals surface area contributed by atoms with Crippen LogP contribution < -0.4 is 5.73 Å². The fourth-order valence-corrected chi connectivity index (χ4v) is 4.51. The van der Waals surface area contributed by atoms with E-state index in [4.69, 9.17) is 22.7 Å². The first-order valence-electron chi connectivity index (χ1n) is 6.33. The molecule has 0 aromatic rings. The predicted molar refractivity (Wildman–Crippen MR) is 76.0 cm³/mol. The number of nitrogens with zero attached hydrogens (tertiary/aromatic N) is 1. The van der Waals surface area contributed by atoms with Gasteiger partial charge >= 0.3 is 0 Å². The molecule has 1 aliphatic heterocycles. The van der Waals surface area contributed by atoms with E-state index >= 15 is 0 Å². The van der Waals surface area contributed by atoms with E-state index in [0.717, 1.165) is 19.4 Å². The molecule has 0 aromatic carbocycles. The van der Waals surface area contributed by atoms with Gasteiger partial charge in [-0.1, -0.05) is 26.1 Å². The second kappa shape index (κ2) is 6.79. The molecule has 1 heterocycles. The van der Waals surface area contributed by atoms with Gasteiger partial charge < -0.3 is 10.5 Å². The summed E-state index contributed by atoms with van der Waals surface area (Å²) in [5, 5.41) is -0.770. The van der Waals surface area contributed by atoms with Crippen molar-refractivity contribution in [3.63, 3.8) is 0 Å². The summed E-state index contributed by atoms with van der Waals surface area (Å²) in [6.07, 6.45) is 2.31. The highest BCUT2D eigenvalue weighted by molar-refractivity contribution is 7.92. The molecule has 7 heteroatoms. The number of hydrogen-bond donors (Lipinski definition) is 1. The van der Waals surface area contributed by atoms with E-state index in [1.807, 2.05) is 6.92 Å². The number of likely N-dealkylation sites (N-methyl/N-ethyl adjacent to an activating group) is 1. The largest absolute Gasteiger partial charge is 0.392 e. The molecular weight excluding hydrogens is 272 g/mol. The molecule has 0 bridgehead atoms. The molecule has 1 fully saturated rings. The molecule has 2 atom stereocenters. The summed E-state index contributed by atoms with van der Waals surface area (Å²) >= 11 is 4.85. The smallest absolute Gasteiger partial charge is 0.223 e. The molecule has 106 valence electrons. The monoisotopic (exact) mass is 294 g/mol.